The van der Waals surface area contributed by atoms with E-state index < -0.39 is 11.8 Å². The summed E-state index contributed by atoms with van der Waals surface area (Å²) >= 11 is 0. The van der Waals surface area contributed by atoms with E-state index in [1.165, 1.54) is 18.2 Å². The Morgan fingerprint density at radius 2 is 1.97 bits per heavy atom. The number of esters is 1. The number of halogens is 1. The van der Waals surface area contributed by atoms with Crippen LogP contribution in [0.2, 0.25) is 0 Å². The van der Waals surface area contributed by atoms with Crippen molar-refractivity contribution in [2.45, 2.75) is 13.5 Å². The van der Waals surface area contributed by atoms with E-state index >= 15 is 0 Å². The second-order valence-corrected chi connectivity index (χ2v) is 6.20. The number of nitrogens with zero attached hydrogens (tertiary/aromatic N) is 3. The smallest absolute Gasteiger partial charge is 0.375 e. The number of furan rings is 1. The molecule has 0 saturated carbocycles. The van der Waals surface area contributed by atoms with Crippen LogP contribution in [-0.2, 0) is 11.3 Å². The van der Waals surface area contributed by atoms with Gasteiger partial charge in [0.25, 0.3) is 0 Å². The first-order valence-electron chi connectivity index (χ1n) is 8.68. The molecular formula is C20H16FN5O3. The second kappa shape index (κ2) is 7.55. The average Bonchev–Trinajstić information content (AvgIpc) is 3.03. The largest absolute Gasteiger partial charge is 0.452 e. The fraction of sp³-hybridized carbons (Fsp3) is 0.100. The fourth-order valence-electron chi connectivity index (χ4n) is 2.79. The predicted molar refractivity (Wildman–Crippen MR) is 104 cm³/mol. The zero-order chi connectivity index (χ0) is 20.4. The van der Waals surface area contributed by atoms with Gasteiger partial charge in [0.15, 0.2) is 12.4 Å². The third-order valence-electron chi connectivity index (χ3n) is 4.14. The molecule has 8 nitrogen and oxygen atoms in total. The van der Waals surface area contributed by atoms with E-state index in [0.29, 0.717) is 16.5 Å². The van der Waals surface area contributed by atoms with Crippen molar-refractivity contribution in [1.82, 2.24) is 15.0 Å². The van der Waals surface area contributed by atoms with Gasteiger partial charge < -0.3 is 20.2 Å². The van der Waals surface area contributed by atoms with E-state index in [1.807, 2.05) is 30.3 Å². The molecule has 0 fully saturated rings. The van der Waals surface area contributed by atoms with Crippen LogP contribution in [0.3, 0.4) is 0 Å². The molecule has 4 aromatic rings. The number of nitrogens with one attached hydrogen (secondary N) is 1. The molecule has 2 heterocycles. The fourth-order valence-corrected chi connectivity index (χ4v) is 2.79. The summed E-state index contributed by atoms with van der Waals surface area (Å²) in [7, 11) is 0. The van der Waals surface area contributed by atoms with Crippen LogP contribution in [-0.4, -0.2) is 20.9 Å². The van der Waals surface area contributed by atoms with Gasteiger partial charge in [-0.3, -0.25) is 0 Å². The number of fused-ring (bicyclic) bond motifs is 1. The quantitative estimate of drug-likeness (QED) is 0.493. The molecule has 29 heavy (non-hydrogen) atoms. The Hall–Kier alpha value is -4.01. The molecule has 0 atom stereocenters. The molecule has 0 saturated heterocycles. The van der Waals surface area contributed by atoms with Crippen molar-refractivity contribution in [2.75, 3.05) is 11.1 Å². The van der Waals surface area contributed by atoms with Crippen LogP contribution in [0.5, 0.6) is 0 Å². The molecule has 0 amide bonds. The summed E-state index contributed by atoms with van der Waals surface area (Å²) in [4.78, 5) is 24.6. The molecule has 4 rings (SSSR count). The van der Waals surface area contributed by atoms with Crippen LogP contribution in [0.25, 0.3) is 11.0 Å². The minimum absolute atomic E-state index is 0.00439. The first-order valence-corrected chi connectivity index (χ1v) is 8.68. The molecule has 0 aliphatic carbocycles. The molecule has 3 N–H and O–H groups in total. The maximum absolute atomic E-state index is 13.4. The average molecular weight is 393 g/mol. The van der Waals surface area contributed by atoms with Gasteiger partial charge in [-0.25, -0.2) is 9.18 Å². The number of aromatic nitrogens is 3. The van der Waals surface area contributed by atoms with Gasteiger partial charge in [-0.2, -0.15) is 15.0 Å². The van der Waals surface area contributed by atoms with Crippen molar-refractivity contribution in [3.8, 4) is 0 Å². The van der Waals surface area contributed by atoms with Crippen molar-refractivity contribution >= 4 is 34.5 Å². The van der Waals surface area contributed by atoms with E-state index in [9.17, 15) is 9.18 Å². The number of hydrogen-bond donors (Lipinski definition) is 2. The number of aryl methyl sites for hydroxylation is 1. The van der Waals surface area contributed by atoms with E-state index in [0.717, 1.165) is 5.69 Å². The van der Waals surface area contributed by atoms with Crippen LogP contribution >= 0.6 is 0 Å². The molecule has 0 aliphatic heterocycles. The summed E-state index contributed by atoms with van der Waals surface area (Å²) in [6.07, 6.45) is 0. The molecule has 9 heteroatoms. The number of ether oxygens (including phenoxy) is 1. The Labute approximate surface area is 164 Å². The van der Waals surface area contributed by atoms with Gasteiger partial charge in [0.2, 0.25) is 17.7 Å². The molecular weight excluding hydrogens is 377 g/mol. The maximum atomic E-state index is 13.4. The van der Waals surface area contributed by atoms with Gasteiger partial charge >= 0.3 is 5.97 Å². The summed E-state index contributed by atoms with van der Waals surface area (Å²) < 4.78 is 24.2. The molecule has 0 unspecified atom stereocenters. The number of nitrogen functional groups attached to an aromatic ring is 1. The third-order valence-corrected chi connectivity index (χ3v) is 4.14. The van der Waals surface area contributed by atoms with Crippen molar-refractivity contribution in [3.63, 3.8) is 0 Å². The highest BCUT2D eigenvalue weighted by atomic mass is 19.1. The second-order valence-electron chi connectivity index (χ2n) is 6.20. The van der Waals surface area contributed by atoms with Gasteiger partial charge in [0, 0.05) is 16.6 Å². The monoisotopic (exact) mass is 393 g/mol. The number of hydrogen-bond acceptors (Lipinski definition) is 8. The SMILES string of the molecule is Cc1c(C(=O)OCc2nc(N)nc(Nc3ccccc3)n2)oc2ccc(F)cc12. The summed E-state index contributed by atoms with van der Waals surface area (Å²) in [6, 6.07) is 13.3. The lowest BCUT2D eigenvalue weighted by Crippen LogP contribution is -2.11. The summed E-state index contributed by atoms with van der Waals surface area (Å²) in [5.41, 5.74) is 7.38. The minimum atomic E-state index is -0.712. The maximum Gasteiger partial charge on any atom is 0.375 e. The Morgan fingerprint density at radius 1 is 1.17 bits per heavy atom. The van der Waals surface area contributed by atoms with E-state index in [-0.39, 0.29) is 30.1 Å². The first kappa shape index (κ1) is 18.4. The van der Waals surface area contributed by atoms with Gasteiger partial charge in [0.1, 0.15) is 11.4 Å². The van der Waals surface area contributed by atoms with Gasteiger partial charge in [0.05, 0.1) is 0 Å². The minimum Gasteiger partial charge on any atom is -0.452 e. The predicted octanol–water partition coefficient (Wildman–Crippen LogP) is 3.75. The van der Waals surface area contributed by atoms with Gasteiger partial charge in [-0.15, -0.1) is 0 Å². The zero-order valence-electron chi connectivity index (χ0n) is 15.3. The van der Waals surface area contributed by atoms with Crippen LogP contribution in [0.1, 0.15) is 21.9 Å². The van der Waals surface area contributed by atoms with Crippen molar-refractivity contribution in [3.05, 3.63) is 71.5 Å². The molecule has 0 spiro atoms. The van der Waals surface area contributed by atoms with E-state index in [1.54, 1.807) is 6.92 Å². The Kier molecular flexibility index (Phi) is 4.78. The normalized spacial score (nSPS) is 10.8. The standard InChI is InChI=1S/C20H16FN5O3/c1-11-14-9-12(21)7-8-15(14)29-17(11)18(27)28-10-16-24-19(22)26-20(25-16)23-13-5-3-2-4-6-13/h2-9H,10H2,1H3,(H3,22,23,24,25,26). The highest BCUT2D eigenvalue weighted by Crippen LogP contribution is 2.26. The lowest BCUT2D eigenvalue weighted by atomic mass is 10.1. The van der Waals surface area contributed by atoms with Crippen molar-refractivity contribution < 1.29 is 18.3 Å². The number of benzene rings is 2. The number of carbonyl (C=O) groups excluding carboxylic acids is 1. The molecule has 2 aromatic heterocycles. The highest BCUT2D eigenvalue weighted by Gasteiger charge is 2.20. The number of carbonyl (C=O) groups is 1. The Bertz CT molecular complexity index is 1190. The molecule has 0 bridgehead atoms. The van der Waals surface area contributed by atoms with Crippen molar-refractivity contribution in [1.29, 1.82) is 0 Å². The van der Waals surface area contributed by atoms with Crippen LogP contribution in [0.4, 0.5) is 22.0 Å². The van der Waals surface area contributed by atoms with Crippen LogP contribution in [0.15, 0.2) is 52.9 Å². The van der Waals surface area contributed by atoms with Crippen molar-refractivity contribution in [2.24, 2.45) is 0 Å². The van der Waals surface area contributed by atoms with E-state index in [4.69, 9.17) is 14.9 Å². The van der Waals surface area contributed by atoms with Gasteiger partial charge in [-0.1, -0.05) is 18.2 Å². The zero-order valence-corrected chi connectivity index (χ0v) is 15.3. The lowest BCUT2D eigenvalue weighted by Gasteiger charge is -2.07. The number of rotatable bonds is 5. The highest BCUT2D eigenvalue weighted by molar-refractivity contribution is 5.95. The van der Waals surface area contributed by atoms with Crippen LogP contribution < -0.4 is 11.1 Å². The topological polar surface area (TPSA) is 116 Å². The number of nitrogens with two attached hydrogens (primary N) is 1. The Morgan fingerprint density at radius 3 is 2.76 bits per heavy atom. The van der Waals surface area contributed by atoms with E-state index in [2.05, 4.69) is 20.3 Å². The summed E-state index contributed by atoms with van der Waals surface area (Å²) in [6.45, 7) is 1.42. The first-order chi connectivity index (χ1) is 14.0. The molecule has 0 aliphatic rings. The van der Waals surface area contributed by atoms with Gasteiger partial charge in [-0.05, 0) is 37.3 Å². The molecule has 146 valence electrons. The summed E-state index contributed by atoms with van der Waals surface area (Å²) in [5.74, 6) is -0.750. The number of anilines is 3. The summed E-state index contributed by atoms with van der Waals surface area (Å²) in [5, 5.41) is 3.51. The molecule has 0 radical (unpaired) electrons. The van der Waals surface area contributed by atoms with Crippen LogP contribution in [0, 0.1) is 12.7 Å². The molecule has 2 aromatic carbocycles. The number of para-hydroxylation sites is 1. The Balaban J connectivity index is 1.50. The third kappa shape index (κ3) is 3.98. The lowest BCUT2D eigenvalue weighted by molar-refractivity contribution is 0.0427.